The third-order valence-corrected chi connectivity index (χ3v) is 3.88. The van der Waals surface area contributed by atoms with Crippen molar-refractivity contribution in [1.82, 2.24) is 5.32 Å². The molecule has 0 heterocycles. The summed E-state index contributed by atoms with van der Waals surface area (Å²) in [5, 5.41) is 3.34. The molecule has 1 aromatic rings. The second-order valence-electron chi connectivity index (χ2n) is 5.63. The van der Waals surface area contributed by atoms with Gasteiger partial charge < -0.3 is 15.8 Å². The molecule has 4 heteroatoms. The molecule has 0 aliphatic heterocycles. The van der Waals surface area contributed by atoms with Gasteiger partial charge in [0, 0.05) is 12.6 Å². The third-order valence-electron chi connectivity index (χ3n) is 3.88. The highest BCUT2D eigenvalue weighted by Crippen LogP contribution is 2.17. The first kappa shape index (κ1) is 15.8. The number of benzene rings is 1. The minimum atomic E-state index is 0.510. The van der Waals surface area contributed by atoms with Crippen molar-refractivity contribution in [2.45, 2.75) is 58.2 Å². The quantitative estimate of drug-likeness (QED) is 0.625. The van der Waals surface area contributed by atoms with E-state index in [0.29, 0.717) is 25.2 Å². The van der Waals surface area contributed by atoms with Gasteiger partial charge in [-0.05, 0) is 30.9 Å². The van der Waals surface area contributed by atoms with E-state index < -0.39 is 0 Å². The summed E-state index contributed by atoms with van der Waals surface area (Å²) in [6, 6.07) is 8.87. The molecule has 116 valence electrons. The van der Waals surface area contributed by atoms with Crippen LogP contribution < -0.4 is 11.1 Å². The molecule has 2 rings (SSSR count). The number of hydrogen-bond donors (Lipinski definition) is 2. The Morgan fingerprint density at radius 3 is 2.52 bits per heavy atom. The van der Waals surface area contributed by atoms with Crippen molar-refractivity contribution in [3.8, 4) is 0 Å². The Kier molecular flexibility index (Phi) is 6.54. The fourth-order valence-corrected chi connectivity index (χ4v) is 2.64. The molecule has 0 atom stereocenters. The van der Waals surface area contributed by atoms with Gasteiger partial charge in [-0.15, -0.1) is 0 Å². The maximum atomic E-state index is 5.97. The van der Waals surface area contributed by atoms with Crippen molar-refractivity contribution in [2.24, 2.45) is 10.7 Å². The predicted molar refractivity (Wildman–Crippen MR) is 87.1 cm³/mol. The summed E-state index contributed by atoms with van der Waals surface area (Å²) >= 11 is 0. The van der Waals surface area contributed by atoms with Crippen molar-refractivity contribution >= 4 is 5.96 Å². The Bertz CT molecular complexity index is 436. The highest BCUT2D eigenvalue weighted by atomic mass is 16.5. The van der Waals surface area contributed by atoms with Crippen LogP contribution in [0.1, 0.15) is 50.2 Å². The van der Waals surface area contributed by atoms with Crippen molar-refractivity contribution in [1.29, 1.82) is 0 Å². The zero-order chi connectivity index (χ0) is 14.9. The van der Waals surface area contributed by atoms with Crippen LogP contribution in [0.4, 0.5) is 0 Å². The molecule has 0 spiro atoms. The fourth-order valence-electron chi connectivity index (χ4n) is 2.64. The van der Waals surface area contributed by atoms with Gasteiger partial charge in [0.2, 0.25) is 0 Å². The molecule has 0 bridgehead atoms. The molecule has 0 aromatic heterocycles. The first-order chi connectivity index (χ1) is 10.3. The largest absolute Gasteiger partial charge is 0.377 e. The predicted octanol–water partition coefficient (Wildman–Crippen LogP) is 2.96. The summed E-state index contributed by atoms with van der Waals surface area (Å²) in [4.78, 5) is 4.43. The molecular weight excluding hydrogens is 262 g/mol. The minimum absolute atomic E-state index is 0.510. The summed E-state index contributed by atoms with van der Waals surface area (Å²) in [5.74, 6) is 0.570. The van der Waals surface area contributed by atoms with Crippen LogP contribution in [-0.2, 0) is 17.9 Å². The Labute approximate surface area is 127 Å². The molecule has 0 amide bonds. The Hall–Kier alpha value is -1.55. The maximum absolute atomic E-state index is 5.97. The van der Waals surface area contributed by atoms with Gasteiger partial charge in [0.15, 0.2) is 5.96 Å². The maximum Gasteiger partial charge on any atom is 0.189 e. The van der Waals surface area contributed by atoms with Crippen molar-refractivity contribution in [3.05, 3.63) is 35.4 Å². The van der Waals surface area contributed by atoms with Gasteiger partial charge in [-0.3, -0.25) is 0 Å². The zero-order valence-electron chi connectivity index (χ0n) is 13.0. The molecule has 1 aliphatic rings. The molecule has 1 aromatic carbocycles. The molecule has 3 N–H and O–H groups in total. The zero-order valence-corrected chi connectivity index (χ0v) is 13.0. The van der Waals surface area contributed by atoms with E-state index in [2.05, 4.69) is 34.6 Å². The second kappa shape index (κ2) is 8.67. The summed E-state index contributed by atoms with van der Waals surface area (Å²) in [6.45, 7) is 4.05. The second-order valence-corrected chi connectivity index (χ2v) is 5.63. The van der Waals surface area contributed by atoms with Gasteiger partial charge in [-0.25, -0.2) is 4.99 Å². The monoisotopic (exact) mass is 289 g/mol. The first-order valence-corrected chi connectivity index (χ1v) is 8.00. The van der Waals surface area contributed by atoms with E-state index in [1.54, 1.807) is 0 Å². The third kappa shape index (κ3) is 5.76. The van der Waals surface area contributed by atoms with Crippen molar-refractivity contribution in [3.63, 3.8) is 0 Å². The van der Waals surface area contributed by atoms with Crippen LogP contribution in [0.25, 0.3) is 0 Å². The Morgan fingerprint density at radius 2 is 1.86 bits per heavy atom. The van der Waals surface area contributed by atoms with Crippen LogP contribution >= 0.6 is 0 Å². The molecule has 0 saturated heterocycles. The van der Waals surface area contributed by atoms with Gasteiger partial charge >= 0.3 is 0 Å². The smallest absolute Gasteiger partial charge is 0.189 e. The number of nitrogens with two attached hydrogens (primary N) is 1. The highest BCUT2D eigenvalue weighted by molar-refractivity contribution is 5.78. The summed E-state index contributed by atoms with van der Waals surface area (Å²) in [7, 11) is 0. The SMILES string of the molecule is CCOCc1ccc(CN=C(N)NC2CCCCC2)cc1. The van der Waals surface area contributed by atoms with Crippen molar-refractivity contribution in [2.75, 3.05) is 6.61 Å². The molecule has 21 heavy (non-hydrogen) atoms. The van der Waals surface area contributed by atoms with E-state index in [9.17, 15) is 0 Å². The molecule has 0 radical (unpaired) electrons. The number of nitrogens with zero attached hydrogens (tertiary/aromatic N) is 1. The van der Waals surface area contributed by atoms with Crippen LogP contribution in [0.5, 0.6) is 0 Å². The van der Waals surface area contributed by atoms with Crippen LogP contribution in [0.15, 0.2) is 29.3 Å². The summed E-state index contributed by atoms with van der Waals surface area (Å²) in [6.07, 6.45) is 6.37. The summed E-state index contributed by atoms with van der Waals surface area (Å²) < 4.78 is 5.38. The average Bonchev–Trinajstić information content (AvgIpc) is 2.53. The topological polar surface area (TPSA) is 59.6 Å². The lowest BCUT2D eigenvalue weighted by Crippen LogP contribution is -2.41. The van der Waals surface area contributed by atoms with Gasteiger partial charge in [0.05, 0.1) is 13.2 Å². The Balaban J connectivity index is 1.78. The standard InChI is InChI=1S/C17H27N3O/c1-2-21-13-15-10-8-14(9-11-15)12-19-17(18)20-16-6-4-3-5-7-16/h8-11,16H,2-7,12-13H2,1H3,(H3,18,19,20). The van der Waals surface area contributed by atoms with Gasteiger partial charge in [-0.1, -0.05) is 43.5 Å². The van der Waals surface area contributed by atoms with Gasteiger partial charge in [0.25, 0.3) is 0 Å². The number of guanidine groups is 1. The molecule has 1 aliphatic carbocycles. The number of rotatable bonds is 6. The van der Waals surface area contributed by atoms with E-state index in [0.717, 1.165) is 6.61 Å². The number of ether oxygens (including phenoxy) is 1. The summed E-state index contributed by atoms with van der Waals surface area (Å²) in [5.41, 5.74) is 8.33. The lowest BCUT2D eigenvalue weighted by atomic mass is 9.96. The number of nitrogens with one attached hydrogen (secondary N) is 1. The lowest BCUT2D eigenvalue weighted by Gasteiger charge is -2.23. The molecule has 4 nitrogen and oxygen atoms in total. The van der Waals surface area contributed by atoms with Crippen molar-refractivity contribution < 1.29 is 4.74 Å². The Morgan fingerprint density at radius 1 is 1.19 bits per heavy atom. The minimum Gasteiger partial charge on any atom is -0.377 e. The van der Waals surface area contributed by atoms with E-state index in [1.165, 1.54) is 43.2 Å². The van der Waals surface area contributed by atoms with Crippen LogP contribution in [0.2, 0.25) is 0 Å². The first-order valence-electron chi connectivity index (χ1n) is 8.00. The molecule has 0 unspecified atom stereocenters. The van der Waals surface area contributed by atoms with E-state index in [4.69, 9.17) is 10.5 Å². The van der Waals surface area contributed by atoms with E-state index >= 15 is 0 Å². The number of hydrogen-bond acceptors (Lipinski definition) is 2. The molecule has 1 fully saturated rings. The van der Waals surface area contributed by atoms with E-state index in [1.807, 2.05) is 6.92 Å². The van der Waals surface area contributed by atoms with Crippen LogP contribution in [-0.4, -0.2) is 18.6 Å². The molecule has 1 saturated carbocycles. The fraction of sp³-hybridized carbons (Fsp3) is 0.588. The van der Waals surface area contributed by atoms with Gasteiger partial charge in [-0.2, -0.15) is 0 Å². The molecular formula is C17H27N3O. The van der Waals surface area contributed by atoms with Crippen LogP contribution in [0.3, 0.4) is 0 Å². The van der Waals surface area contributed by atoms with Crippen LogP contribution in [0, 0.1) is 0 Å². The lowest BCUT2D eigenvalue weighted by molar-refractivity contribution is 0.134. The van der Waals surface area contributed by atoms with E-state index in [-0.39, 0.29) is 0 Å². The average molecular weight is 289 g/mol. The number of aliphatic imine (C=N–C) groups is 1. The van der Waals surface area contributed by atoms with Gasteiger partial charge in [0.1, 0.15) is 0 Å². The normalized spacial score (nSPS) is 16.9. The highest BCUT2D eigenvalue weighted by Gasteiger charge is 2.13.